The maximum absolute atomic E-state index is 12.6. The molecule has 3 atom stereocenters. The second-order valence-electron chi connectivity index (χ2n) is 6.07. The van der Waals surface area contributed by atoms with Gasteiger partial charge in [0.05, 0.1) is 4.90 Å². The summed E-state index contributed by atoms with van der Waals surface area (Å²) in [5.74, 6) is 1.27. The van der Waals surface area contributed by atoms with E-state index < -0.39 is 10.0 Å². The van der Waals surface area contributed by atoms with Crippen molar-refractivity contribution in [3.05, 3.63) is 16.3 Å². The average molecular weight is 331 g/mol. The van der Waals surface area contributed by atoms with Gasteiger partial charge >= 0.3 is 0 Å². The van der Waals surface area contributed by atoms with Crippen LogP contribution in [-0.4, -0.2) is 21.0 Å². The lowest BCUT2D eigenvalue weighted by Crippen LogP contribution is -2.40. The molecule has 0 aromatic carbocycles. The Kier molecular flexibility index (Phi) is 5.82. The number of hydrogen-bond donors (Lipinski definition) is 2. The zero-order valence-electron chi connectivity index (χ0n) is 13.1. The lowest BCUT2D eigenvalue weighted by Gasteiger charge is -2.32. The van der Waals surface area contributed by atoms with Crippen LogP contribution in [0.3, 0.4) is 0 Å². The molecule has 0 saturated heterocycles. The predicted octanol–water partition coefficient (Wildman–Crippen LogP) is 2.96. The quantitative estimate of drug-likeness (QED) is 0.843. The van der Waals surface area contributed by atoms with Crippen molar-refractivity contribution in [3.8, 4) is 0 Å². The zero-order valence-corrected chi connectivity index (χ0v) is 14.7. The lowest BCUT2D eigenvalue weighted by atomic mass is 9.79. The first-order valence-corrected chi connectivity index (χ1v) is 10.1. The highest BCUT2D eigenvalue weighted by Crippen LogP contribution is 2.30. The molecule has 2 rings (SSSR count). The molecule has 1 aliphatic carbocycles. The summed E-state index contributed by atoms with van der Waals surface area (Å²) in [6.07, 6.45) is 2.98. The Labute approximate surface area is 132 Å². The van der Waals surface area contributed by atoms with Gasteiger partial charge in [0.2, 0.25) is 10.0 Å². The van der Waals surface area contributed by atoms with Gasteiger partial charge in [-0.15, -0.1) is 11.3 Å². The van der Waals surface area contributed by atoms with E-state index >= 15 is 0 Å². The van der Waals surface area contributed by atoms with Crippen LogP contribution in [0.5, 0.6) is 0 Å². The molecule has 120 valence electrons. The second kappa shape index (κ2) is 7.22. The molecule has 21 heavy (non-hydrogen) atoms. The first-order chi connectivity index (χ1) is 9.94. The summed E-state index contributed by atoms with van der Waals surface area (Å²) < 4.78 is 28.1. The van der Waals surface area contributed by atoms with Crippen molar-refractivity contribution >= 4 is 21.4 Å². The summed E-state index contributed by atoms with van der Waals surface area (Å²) in [6, 6.07) is 1.79. The third kappa shape index (κ3) is 4.28. The fourth-order valence-corrected chi connectivity index (χ4v) is 5.57. The number of hydrogen-bond acceptors (Lipinski definition) is 4. The van der Waals surface area contributed by atoms with Crippen molar-refractivity contribution in [3.63, 3.8) is 0 Å². The molecule has 1 heterocycles. The molecular formula is C15H26N2O2S2. The smallest absolute Gasteiger partial charge is 0.241 e. The van der Waals surface area contributed by atoms with E-state index in [0.29, 0.717) is 23.3 Å². The molecule has 1 saturated carbocycles. The first kappa shape index (κ1) is 16.9. The Balaban J connectivity index is 2.06. The van der Waals surface area contributed by atoms with Gasteiger partial charge in [0.1, 0.15) is 0 Å². The van der Waals surface area contributed by atoms with Crippen LogP contribution in [0.1, 0.15) is 44.9 Å². The lowest BCUT2D eigenvalue weighted by molar-refractivity contribution is 0.242. The minimum Gasteiger partial charge on any atom is -0.312 e. The molecular weight excluding hydrogens is 304 g/mol. The molecule has 0 bridgehead atoms. The maximum Gasteiger partial charge on any atom is 0.241 e. The van der Waals surface area contributed by atoms with E-state index in [1.54, 1.807) is 6.07 Å². The third-order valence-corrected chi connectivity index (χ3v) is 7.10. The van der Waals surface area contributed by atoms with Crippen molar-refractivity contribution in [2.75, 3.05) is 6.54 Å². The summed E-state index contributed by atoms with van der Waals surface area (Å²) in [7, 11) is -3.40. The van der Waals surface area contributed by atoms with Crippen LogP contribution in [0.25, 0.3) is 0 Å². The number of thiophene rings is 1. The van der Waals surface area contributed by atoms with E-state index in [0.717, 1.165) is 30.7 Å². The summed E-state index contributed by atoms with van der Waals surface area (Å²) in [6.45, 7) is 7.94. The van der Waals surface area contributed by atoms with Crippen molar-refractivity contribution < 1.29 is 8.42 Å². The van der Waals surface area contributed by atoms with Crippen LogP contribution in [0.4, 0.5) is 0 Å². The summed E-state index contributed by atoms with van der Waals surface area (Å²) in [5, 5.41) is 5.05. The first-order valence-electron chi connectivity index (χ1n) is 7.73. The van der Waals surface area contributed by atoms with E-state index in [2.05, 4.69) is 23.9 Å². The molecule has 3 unspecified atom stereocenters. The maximum atomic E-state index is 12.6. The number of sulfonamides is 1. The predicted molar refractivity (Wildman–Crippen MR) is 88.0 cm³/mol. The van der Waals surface area contributed by atoms with E-state index in [1.165, 1.54) is 11.3 Å². The normalized spacial score (nSPS) is 26.9. The summed E-state index contributed by atoms with van der Waals surface area (Å²) in [4.78, 5) is 1.33. The Morgan fingerprint density at radius 1 is 1.29 bits per heavy atom. The molecule has 0 spiro atoms. The Morgan fingerprint density at radius 2 is 2.05 bits per heavy atom. The van der Waals surface area contributed by atoms with Gasteiger partial charge in [-0.25, -0.2) is 13.1 Å². The molecule has 0 amide bonds. The highest BCUT2D eigenvalue weighted by Gasteiger charge is 2.29. The van der Waals surface area contributed by atoms with Gasteiger partial charge in [0.25, 0.3) is 0 Å². The topological polar surface area (TPSA) is 58.2 Å². The van der Waals surface area contributed by atoms with Crippen LogP contribution in [0.2, 0.25) is 0 Å². The highest BCUT2D eigenvalue weighted by atomic mass is 32.2. The Morgan fingerprint density at radius 3 is 2.71 bits per heavy atom. The molecule has 1 aromatic rings. The van der Waals surface area contributed by atoms with Crippen LogP contribution in [0, 0.1) is 11.8 Å². The number of rotatable bonds is 6. The molecule has 0 radical (unpaired) electrons. The Bertz CT molecular complexity index is 554. The fraction of sp³-hybridized carbons (Fsp3) is 0.733. The molecule has 1 fully saturated rings. The Hall–Kier alpha value is -0.430. The standard InChI is InChI=1S/C15H26N2O2S2/c1-4-16-10-14-15(7-8-20-14)21(18,19)17-13-6-5-11(2)12(3)9-13/h7-8,11-13,16-17H,4-6,9-10H2,1-3H3. The zero-order chi connectivity index (χ0) is 15.5. The van der Waals surface area contributed by atoms with E-state index in [4.69, 9.17) is 0 Å². The van der Waals surface area contributed by atoms with Gasteiger partial charge in [-0.05, 0) is 49.1 Å². The van der Waals surface area contributed by atoms with Gasteiger partial charge in [-0.1, -0.05) is 20.8 Å². The fourth-order valence-electron chi connectivity index (χ4n) is 2.87. The van der Waals surface area contributed by atoms with Crippen LogP contribution in [0.15, 0.2) is 16.3 Å². The highest BCUT2D eigenvalue weighted by molar-refractivity contribution is 7.89. The van der Waals surface area contributed by atoms with E-state index in [9.17, 15) is 8.42 Å². The van der Waals surface area contributed by atoms with Gasteiger partial charge in [-0.2, -0.15) is 0 Å². The third-order valence-electron chi connectivity index (χ3n) is 4.45. The summed E-state index contributed by atoms with van der Waals surface area (Å²) in [5.41, 5.74) is 0. The van der Waals surface area contributed by atoms with Crippen molar-refractivity contribution in [2.45, 2.75) is 57.5 Å². The van der Waals surface area contributed by atoms with Crippen molar-refractivity contribution in [1.29, 1.82) is 0 Å². The second-order valence-corrected chi connectivity index (χ2v) is 8.76. The molecule has 2 N–H and O–H groups in total. The van der Waals surface area contributed by atoms with E-state index in [1.807, 2.05) is 12.3 Å². The monoisotopic (exact) mass is 330 g/mol. The van der Waals surface area contributed by atoms with Crippen LogP contribution < -0.4 is 10.0 Å². The molecule has 1 aromatic heterocycles. The molecule has 4 nitrogen and oxygen atoms in total. The summed E-state index contributed by atoms with van der Waals surface area (Å²) >= 11 is 1.50. The van der Waals surface area contributed by atoms with Gasteiger partial charge in [0.15, 0.2) is 0 Å². The largest absolute Gasteiger partial charge is 0.312 e. The molecule has 0 aliphatic heterocycles. The number of nitrogens with one attached hydrogen (secondary N) is 2. The van der Waals surface area contributed by atoms with E-state index in [-0.39, 0.29) is 6.04 Å². The van der Waals surface area contributed by atoms with Gasteiger partial charge in [-0.3, -0.25) is 0 Å². The van der Waals surface area contributed by atoms with Gasteiger partial charge in [0, 0.05) is 17.5 Å². The SMILES string of the molecule is CCNCc1sccc1S(=O)(=O)NC1CCC(C)C(C)C1. The minimum absolute atomic E-state index is 0.0769. The van der Waals surface area contributed by atoms with Crippen LogP contribution in [-0.2, 0) is 16.6 Å². The van der Waals surface area contributed by atoms with Crippen LogP contribution >= 0.6 is 11.3 Å². The molecule has 1 aliphatic rings. The minimum atomic E-state index is -3.40. The molecule has 6 heteroatoms. The van der Waals surface area contributed by atoms with Crippen molar-refractivity contribution in [2.24, 2.45) is 11.8 Å². The average Bonchev–Trinajstić information content (AvgIpc) is 2.89. The van der Waals surface area contributed by atoms with Gasteiger partial charge < -0.3 is 5.32 Å². The van der Waals surface area contributed by atoms with Crippen molar-refractivity contribution in [1.82, 2.24) is 10.0 Å².